The third-order valence-corrected chi connectivity index (χ3v) is 3.16. The Labute approximate surface area is 65.6 Å². The minimum atomic E-state index is 0.609. The van der Waals surface area contributed by atoms with Crippen LogP contribution in [0.3, 0.4) is 0 Å². The number of thiophene rings is 1. The molecular weight excluding hydrogens is 207 g/mol. The van der Waals surface area contributed by atoms with Crippen molar-refractivity contribution in [3.63, 3.8) is 0 Å². The molecule has 8 heavy (non-hydrogen) atoms. The quantitative estimate of drug-likeness (QED) is 0.626. The molecule has 1 rings (SSSR count). The zero-order chi connectivity index (χ0) is 5.98. The van der Waals surface area contributed by atoms with Gasteiger partial charge in [-0.3, -0.25) is 0 Å². The van der Waals surface area contributed by atoms with Crippen molar-refractivity contribution in [2.45, 2.75) is 5.88 Å². The van der Waals surface area contributed by atoms with Crippen molar-refractivity contribution >= 4 is 38.9 Å². The van der Waals surface area contributed by atoms with Crippen LogP contribution in [-0.2, 0) is 5.88 Å². The van der Waals surface area contributed by atoms with Gasteiger partial charge in [0.1, 0.15) is 0 Å². The number of rotatable bonds is 1. The van der Waals surface area contributed by atoms with Gasteiger partial charge in [0.05, 0.1) is 5.88 Å². The Hall–Kier alpha value is 0.470. The van der Waals surface area contributed by atoms with Gasteiger partial charge in [0.2, 0.25) is 0 Å². The van der Waals surface area contributed by atoms with E-state index in [4.69, 9.17) is 11.6 Å². The van der Waals surface area contributed by atoms with Gasteiger partial charge in [0, 0.05) is 9.35 Å². The molecule has 0 aliphatic carbocycles. The normalized spacial score (nSPS) is 9.75. The van der Waals surface area contributed by atoms with Crippen LogP contribution in [0.4, 0.5) is 0 Å². The maximum absolute atomic E-state index is 5.55. The van der Waals surface area contributed by atoms with Crippen molar-refractivity contribution in [2.75, 3.05) is 0 Å². The summed E-state index contributed by atoms with van der Waals surface area (Å²) in [6.45, 7) is 0. The number of alkyl halides is 1. The van der Waals surface area contributed by atoms with E-state index in [1.807, 2.05) is 11.4 Å². The predicted molar refractivity (Wildman–Crippen MR) is 41.6 cm³/mol. The molecule has 0 aliphatic rings. The molecular formula is C5H4BrClS. The van der Waals surface area contributed by atoms with Gasteiger partial charge in [-0.1, -0.05) is 0 Å². The Morgan fingerprint density at radius 1 is 1.75 bits per heavy atom. The van der Waals surface area contributed by atoms with Gasteiger partial charge in [-0.15, -0.1) is 22.9 Å². The minimum Gasteiger partial charge on any atom is -0.146 e. The van der Waals surface area contributed by atoms with Crippen molar-refractivity contribution in [1.29, 1.82) is 0 Å². The van der Waals surface area contributed by atoms with Crippen molar-refractivity contribution < 1.29 is 0 Å². The number of hydrogen-bond acceptors (Lipinski definition) is 1. The summed E-state index contributed by atoms with van der Waals surface area (Å²) in [5.41, 5.74) is 0. The Kier molecular flexibility index (Phi) is 2.35. The molecule has 0 amide bonds. The van der Waals surface area contributed by atoms with Gasteiger partial charge < -0.3 is 0 Å². The van der Waals surface area contributed by atoms with E-state index in [0.29, 0.717) is 5.88 Å². The van der Waals surface area contributed by atoms with E-state index in [0.717, 1.165) is 4.47 Å². The van der Waals surface area contributed by atoms with Crippen molar-refractivity contribution in [3.05, 3.63) is 20.8 Å². The summed E-state index contributed by atoms with van der Waals surface area (Å²) >= 11 is 10.6. The molecule has 0 unspecified atom stereocenters. The average Bonchev–Trinajstić information content (AvgIpc) is 2.14. The van der Waals surface area contributed by atoms with Gasteiger partial charge in [-0.25, -0.2) is 0 Å². The Morgan fingerprint density at radius 2 is 2.50 bits per heavy atom. The summed E-state index contributed by atoms with van der Waals surface area (Å²) in [6, 6.07) is 2.00. The third-order valence-electron chi connectivity index (χ3n) is 0.812. The van der Waals surface area contributed by atoms with Crippen LogP contribution < -0.4 is 0 Å². The van der Waals surface area contributed by atoms with Gasteiger partial charge in [0.25, 0.3) is 0 Å². The van der Waals surface area contributed by atoms with Gasteiger partial charge >= 0.3 is 0 Å². The SMILES string of the molecule is ClCc1sccc1Br. The van der Waals surface area contributed by atoms with Gasteiger partial charge in [-0.05, 0) is 27.4 Å². The van der Waals surface area contributed by atoms with E-state index in [1.54, 1.807) is 11.3 Å². The second-order valence-corrected chi connectivity index (χ2v) is 3.45. The highest BCUT2D eigenvalue weighted by molar-refractivity contribution is 9.10. The number of hydrogen-bond donors (Lipinski definition) is 0. The lowest BCUT2D eigenvalue weighted by Gasteiger charge is -1.84. The molecule has 0 fully saturated rings. The molecule has 1 aromatic rings. The summed E-state index contributed by atoms with van der Waals surface area (Å²) < 4.78 is 1.12. The fourth-order valence-electron chi connectivity index (χ4n) is 0.420. The first kappa shape index (κ1) is 6.59. The van der Waals surface area contributed by atoms with Crippen molar-refractivity contribution in [3.8, 4) is 0 Å². The largest absolute Gasteiger partial charge is 0.146 e. The first-order chi connectivity index (χ1) is 3.84. The fraction of sp³-hybridized carbons (Fsp3) is 0.200. The maximum atomic E-state index is 5.55. The number of halogens is 2. The molecule has 0 aliphatic heterocycles. The highest BCUT2D eigenvalue weighted by Gasteiger charge is 1.95. The predicted octanol–water partition coefficient (Wildman–Crippen LogP) is 3.25. The molecule has 0 spiro atoms. The van der Waals surface area contributed by atoms with E-state index in [2.05, 4.69) is 15.9 Å². The second-order valence-electron chi connectivity index (χ2n) is 1.33. The molecule has 0 saturated carbocycles. The molecule has 0 nitrogen and oxygen atoms in total. The highest BCUT2D eigenvalue weighted by Crippen LogP contribution is 2.23. The highest BCUT2D eigenvalue weighted by atomic mass is 79.9. The molecule has 0 aromatic carbocycles. The van der Waals surface area contributed by atoms with Crippen molar-refractivity contribution in [2.24, 2.45) is 0 Å². The average molecular weight is 212 g/mol. The zero-order valence-corrected chi connectivity index (χ0v) is 7.18. The summed E-state index contributed by atoms with van der Waals surface area (Å²) in [5, 5.41) is 2.02. The molecule has 0 bridgehead atoms. The maximum Gasteiger partial charge on any atom is 0.0579 e. The van der Waals surface area contributed by atoms with Gasteiger partial charge in [0.15, 0.2) is 0 Å². The van der Waals surface area contributed by atoms with E-state index in [1.165, 1.54) is 4.88 Å². The summed E-state index contributed by atoms with van der Waals surface area (Å²) in [7, 11) is 0. The minimum absolute atomic E-state index is 0.609. The van der Waals surface area contributed by atoms with Crippen LogP contribution in [0.5, 0.6) is 0 Å². The van der Waals surface area contributed by atoms with E-state index in [9.17, 15) is 0 Å². The van der Waals surface area contributed by atoms with Crippen LogP contribution in [0.2, 0.25) is 0 Å². The van der Waals surface area contributed by atoms with Crippen LogP contribution in [0.1, 0.15) is 4.88 Å². The van der Waals surface area contributed by atoms with Crippen LogP contribution in [0.25, 0.3) is 0 Å². The molecule has 1 heterocycles. The molecule has 0 saturated heterocycles. The van der Waals surface area contributed by atoms with Crippen LogP contribution in [0, 0.1) is 0 Å². The van der Waals surface area contributed by atoms with Gasteiger partial charge in [-0.2, -0.15) is 0 Å². The monoisotopic (exact) mass is 210 g/mol. The Balaban J connectivity index is 2.92. The fourth-order valence-corrected chi connectivity index (χ4v) is 2.25. The van der Waals surface area contributed by atoms with E-state index >= 15 is 0 Å². The van der Waals surface area contributed by atoms with Crippen LogP contribution >= 0.6 is 38.9 Å². The third kappa shape index (κ3) is 1.24. The standard InChI is InChI=1S/C5H4BrClS/c6-4-1-2-8-5(4)3-7/h1-2H,3H2. The van der Waals surface area contributed by atoms with Crippen LogP contribution in [-0.4, -0.2) is 0 Å². The Morgan fingerprint density at radius 3 is 2.75 bits per heavy atom. The zero-order valence-electron chi connectivity index (χ0n) is 4.03. The second kappa shape index (κ2) is 2.85. The molecule has 0 atom stereocenters. The first-order valence-electron chi connectivity index (χ1n) is 2.12. The molecule has 1 aromatic heterocycles. The molecule has 0 radical (unpaired) electrons. The Bertz CT molecular complexity index is 173. The summed E-state index contributed by atoms with van der Waals surface area (Å²) in [4.78, 5) is 1.20. The van der Waals surface area contributed by atoms with Crippen LogP contribution in [0.15, 0.2) is 15.9 Å². The lowest BCUT2D eigenvalue weighted by Crippen LogP contribution is -1.64. The van der Waals surface area contributed by atoms with E-state index < -0.39 is 0 Å². The summed E-state index contributed by atoms with van der Waals surface area (Å²) in [6.07, 6.45) is 0. The lowest BCUT2D eigenvalue weighted by atomic mass is 10.5. The smallest absolute Gasteiger partial charge is 0.0579 e. The molecule has 0 N–H and O–H groups in total. The molecule has 3 heteroatoms. The lowest BCUT2D eigenvalue weighted by molar-refractivity contribution is 1.50. The topological polar surface area (TPSA) is 0 Å². The van der Waals surface area contributed by atoms with Crippen molar-refractivity contribution in [1.82, 2.24) is 0 Å². The summed E-state index contributed by atoms with van der Waals surface area (Å²) in [5.74, 6) is 0.609. The van der Waals surface area contributed by atoms with E-state index in [-0.39, 0.29) is 0 Å². The first-order valence-corrected chi connectivity index (χ1v) is 4.33. The molecule has 44 valence electrons.